The van der Waals surface area contributed by atoms with Crippen molar-refractivity contribution in [2.75, 3.05) is 7.11 Å². The van der Waals surface area contributed by atoms with Gasteiger partial charge in [0.25, 0.3) is 0 Å². The molecule has 0 radical (unpaired) electrons. The quantitative estimate of drug-likeness (QED) is 0.916. The first-order valence-corrected chi connectivity index (χ1v) is 6.52. The van der Waals surface area contributed by atoms with Gasteiger partial charge in [0, 0.05) is 11.6 Å². The summed E-state index contributed by atoms with van der Waals surface area (Å²) in [4.78, 5) is 0. The minimum absolute atomic E-state index is 0.0571. The third-order valence-corrected chi connectivity index (χ3v) is 3.13. The maximum atomic E-state index is 13.9. The Bertz CT molecular complexity index is 630. The molecule has 0 heterocycles. The third-order valence-electron chi connectivity index (χ3n) is 3.13. The normalized spacial score (nSPS) is 12.0. The molecule has 0 saturated heterocycles. The van der Waals surface area contributed by atoms with Gasteiger partial charge in [0.05, 0.1) is 7.11 Å². The highest BCUT2D eigenvalue weighted by atomic mass is 19.1. The van der Waals surface area contributed by atoms with Gasteiger partial charge in [-0.15, -0.1) is 0 Å². The molecule has 5 heteroatoms. The average molecular weight is 293 g/mol. The Balaban J connectivity index is 2.13. The van der Waals surface area contributed by atoms with E-state index in [1.54, 1.807) is 25.1 Å². The molecule has 2 aromatic carbocycles. The van der Waals surface area contributed by atoms with Crippen LogP contribution in [-0.4, -0.2) is 7.11 Å². The smallest absolute Gasteiger partial charge is 0.171 e. The molecule has 21 heavy (non-hydrogen) atoms. The van der Waals surface area contributed by atoms with Crippen LogP contribution in [0.25, 0.3) is 0 Å². The molecule has 0 aromatic heterocycles. The van der Waals surface area contributed by atoms with Crippen molar-refractivity contribution in [2.45, 2.75) is 19.6 Å². The second-order valence-electron chi connectivity index (χ2n) is 4.70. The monoisotopic (exact) mass is 293 g/mol. The Labute approximate surface area is 122 Å². The Hall–Kier alpha value is -2.14. The standard InChI is InChI=1S/C16H17F2NO2/c1-10(19)11-6-7-14(13(17)8-11)21-9-12-4-3-5-15(20-2)16(12)18/h3-8,10H,9,19H2,1-2H3/t10-/m1/s1. The number of ether oxygens (including phenoxy) is 2. The number of hydrogen-bond donors (Lipinski definition) is 1. The van der Waals surface area contributed by atoms with Crippen molar-refractivity contribution in [3.8, 4) is 11.5 Å². The predicted molar refractivity (Wildman–Crippen MR) is 76.3 cm³/mol. The molecule has 0 aliphatic heterocycles. The van der Waals surface area contributed by atoms with Crippen LogP contribution in [0, 0.1) is 11.6 Å². The molecule has 0 aliphatic carbocycles. The first-order chi connectivity index (χ1) is 10.0. The topological polar surface area (TPSA) is 44.5 Å². The molecule has 0 fully saturated rings. The zero-order chi connectivity index (χ0) is 15.4. The summed E-state index contributed by atoms with van der Waals surface area (Å²) in [6.07, 6.45) is 0. The van der Waals surface area contributed by atoms with Crippen LogP contribution in [0.15, 0.2) is 36.4 Å². The first-order valence-electron chi connectivity index (χ1n) is 6.52. The molecule has 2 N–H and O–H groups in total. The van der Waals surface area contributed by atoms with E-state index in [1.807, 2.05) is 0 Å². The van der Waals surface area contributed by atoms with Gasteiger partial charge in [-0.1, -0.05) is 18.2 Å². The van der Waals surface area contributed by atoms with Gasteiger partial charge >= 0.3 is 0 Å². The lowest BCUT2D eigenvalue weighted by atomic mass is 10.1. The number of rotatable bonds is 5. The summed E-state index contributed by atoms with van der Waals surface area (Å²) in [5.41, 5.74) is 6.65. The van der Waals surface area contributed by atoms with Crippen LogP contribution in [-0.2, 0) is 6.61 Å². The summed E-state index contributed by atoms with van der Waals surface area (Å²) in [6.45, 7) is 1.68. The molecular weight excluding hydrogens is 276 g/mol. The van der Waals surface area contributed by atoms with Crippen molar-refractivity contribution < 1.29 is 18.3 Å². The van der Waals surface area contributed by atoms with Crippen molar-refractivity contribution in [3.05, 3.63) is 59.2 Å². The lowest BCUT2D eigenvalue weighted by molar-refractivity contribution is 0.281. The SMILES string of the molecule is COc1cccc(COc2ccc([C@@H](C)N)cc2F)c1F. The van der Waals surface area contributed by atoms with E-state index in [-0.39, 0.29) is 24.1 Å². The second kappa shape index (κ2) is 6.54. The highest BCUT2D eigenvalue weighted by Gasteiger charge is 2.11. The lowest BCUT2D eigenvalue weighted by Crippen LogP contribution is -2.06. The summed E-state index contributed by atoms with van der Waals surface area (Å²) >= 11 is 0. The fraction of sp³-hybridized carbons (Fsp3) is 0.250. The van der Waals surface area contributed by atoms with Gasteiger partial charge in [-0.3, -0.25) is 0 Å². The fourth-order valence-corrected chi connectivity index (χ4v) is 1.90. The minimum atomic E-state index is -0.520. The zero-order valence-corrected chi connectivity index (χ0v) is 11.9. The Morgan fingerprint density at radius 1 is 1.14 bits per heavy atom. The lowest BCUT2D eigenvalue weighted by Gasteiger charge is -2.12. The molecule has 3 nitrogen and oxygen atoms in total. The van der Waals surface area contributed by atoms with Gasteiger partial charge in [0.15, 0.2) is 23.1 Å². The number of hydrogen-bond acceptors (Lipinski definition) is 3. The number of benzene rings is 2. The van der Waals surface area contributed by atoms with Crippen molar-refractivity contribution in [1.82, 2.24) is 0 Å². The van der Waals surface area contributed by atoms with E-state index in [4.69, 9.17) is 15.2 Å². The summed E-state index contributed by atoms with van der Waals surface area (Å²) in [5.74, 6) is -0.841. The van der Waals surface area contributed by atoms with Crippen LogP contribution in [0.1, 0.15) is 24.1 Å². The molecule has 112 valence electrons. The van der Waals surface area contributed by atoms with Crippen molar-refractivity contribution in [2.24, 2.45) is 5.73 Å². The molecule has 0 bridgehead atoms. The molecule has 0 aliphatic rings. The average Bonchev–Trinajstić information content (AvgIpc) is 2.47. The minimum Gasteiger partial charge on any atom is -0.494 e. The van der Waals surface area contributed by atoms with E-state index in [0.29, 0.717) is 11.1 Å². The Morgan fingerprint density at radius 2 is 1.90 bits per heavy atom. The summed E-state index contributed by atoms with van der Waals surface area (Å²) < 4.78 is 38.0. The van der Waals surface area contributed by atoms with Gasteiger partial charge in [0.2, 0.25) is 0 Å². The Morgan fingerprint density at radius 3 is 2.52 bits per heavy atom. The van der Waals surface area contributed by atoms with Gasteiger partial charge in [-0.2, -0.15) is 0 Å². The molecule has 0 amide bonds. The summed E-state index contributed by atoms with van der Waals surface area (Å²) in [5, 5.41) is 0. The van der Waals surface area contributed by atoms with Gasteiger partial charge in [-0.25, -0.2) is 8.78 Å². The highest BCUT2D eigenvalue weighted by molar-refractivity contribution is 5.33. The number of nitrogens with two attached hydrogens (primary N) is 1. The largest absolute Gasteiger partial charge is 0.494 e. The maximum Gasteiger partial charge on any atom is 0.171 e. The van der Waals surface area contributed by atoms with E-state index in [1.165, 1.54) is 25.3 Å². The van der Waals surface area contributed by atoms with E-state index >= 15 is 0 Å². The van der Waals surface area contributed by atoms with Crippen LogP contribution in [0.3, 0.4) is 0 Å². The third kappa shape index (κ3) is 3.49. The van der Waals surface area contributed by atoms with Crippen molar-refractivity contribution in [3.63, 3.8) is 0 Å². The van der Waals surface area contributed by atoms with Gasteiger partial charge < -0.3 is 15.2 Å². The molecule has 0 saturated carbocycles. The van der Waals surface area contributed by atoms with Crippen molar-refractivity contribution >= 4 is 0 Å². The summed E-state index contributed by atoms with van der Waals surface area (Å²) in [7, 11) is 1.38. The van der Waals surface area contributed by atoms with Crippen LogP contribution < -0.4 is 15.2 Å². The fourth-order valence-electron chi connectivity index (χ4n) is 1.90. The molecule has 2 aromatic rings. The molecular formula is C16H17F2NO2. The number of halogens is 2. The van der Waals surface area contributed by atoms with E-state index < -0.39 is 11.6 Å². The van der Waals surface area contributed by atoms with Crippen LogP contribution in [0.5, 0.6) is 11.5 Å². The molecule has 0 spiro atoms. The maximum absolute atomic E-state index is 13.9. The van der Waals surface area contributed by atoms with E-state index in [9.17, 15) is 8.78 Å². The van der Waals surface area contributed by atoms with Crippen LogP contribution in [0.2, 0.25) is 0 Å². The van der Waals surface area contributed by atoms with Crippen LogP contribution >= 0.6 is 0 Å². The second-order valence-corrected chi connectivity index (χ2v) is 4.70. The number of methoxy groups -OCH3 is 1. The summed E-state index contributed by atoms with van der Waals surface area (Å²) in [6, 6.07) is 8.96. The van der Waals surface area contributed by atoms with Gasteiger partial charge in [-0.05, 0) is 30.7 Å². The Kier molecular flexibility index (Phi) is 4.75. The highest BCUT2D eigenvalue weighted by Crippen LogP contribution is 2.24. The first kappa shape index (κ1) is 15.3. The van der Waals surface area contributed by atoms with Crippen LogP contribution in [0.4, 0.5) is 8.78 Å². The molecule has 2 rings (SSSR count). The van der Waals surface area contributed by atoms with Gasteiger partial charge in [0.1, 0.15) is 6.61 Å². The zero-order valence-electron chi connectivity index (χ0n) is 11.9. The van der Waals surface area contributed by atoms with E-state index in [2.05, 4.69) is 0 Å². The molecule has 0 unspecified atom stereocenters. The van der Waals surface area contributed by atoms with E-state index in [0.717, 1.165) is 0 Å². The molecule has 1 atom stereocenters. The van der Waals surface area contributed by atoms with Crippen molar-refractivity contribution in [1.29, 1.82) is 0 Å². The predicted octanol–water partition coefficient (Wildman–Crippen LogP) is 3.57.